The van der Waals surface area contributed by atoms with Crippen molar-refractivity contribution in [1.82, 2.24) is 0 Å². The largest absolute Gasteiger partial charge is 0.459 e. The molecule has 4 nitrogen and oxygen atoms in total. The minimum atomic E-state index is -1.86. The summed E-state index contributed by atoms with van der Waals surface area (Å²) in [5.74, 6) is -0.261. The number of esters is 1. The van der Waals surface area contributed by atoms with E-state index in [1.54, 1.807) is 0 Å². The number of unbranched alkanes of at least 4 members (excludes halogenated alkanes) is 1. The third-order valence-electron chi connectivity index (χ3n) is 5.56. The van der Waals surface area contributed by atoms with Crippen LogP contribution in [0.4, 0.5) is 0 Å². The quantitative estimate of drug-likeness (QED) is 0.144. The van der Waals surface area contributed by atoms with Crippen molar-refractivity contribution in [3.8, 4) is 0 Å². The van der Waals surface area contributed by atoms with Crippen molar-refractivity contribution in [3.63, 3.8) is 0 Å². The average molecular weight is 447 g/mol. The van der Waals surface area contributed by atoms with Crippen molar-refractivity contribution in [3.05, 3.63) is 60.2 Å². The molecule has 0 heterocycles. The van der Waals surface area contributed by atoms with Gasteiger partial charge in [-0.3, -0.25) is 4.79 Å². The van der Waals surface area contributed by atoms with Crippen LogP contribution in [0.5, 0.6) is 0 Å². The van der Waals surface area contributed by atoms with Gasteiger partial charge in [0.15, 0.2) is 8.32 Å². The standard InChI is InChI=1S/C26H42O4Si/c1-22(29-23(2)27)16-12-9-8-10-15-19-25(30-31(6,7)26(3,4)5)21-28-20-24-17-13-11-14-18-24/h8-9,11-14,16-18,22,25H,10,15,19-21H2,1-7H3/b9-8+,16-12+/t22-,25+/m1/s1. The van der Waals surface area contributed by atoms with Gasteiger partial charge < -0.3 is 13.9 Å². The number of carbonyl (C=O) groups is 1. The molecular formula is C26H42O4Si. The van der Waals surface area contributed by atoms with Gasteiger partial charge in [0.25, 0.3) is 0 Å². The number of hydrogen-bond acceptors (Lipinski definition) is 4. The van der Waals surface area contributed by atoms with Crippen LogP contribution in [-0.4, -0.2) is 33.1 Å². The molecule has 0 aromatic heterocycles. The molecule has 1 aromatic carbocycles. The van der Waals surface area contributed by atoms with Crippen LogP contribution in [0.3, 0.4) is 0 Å². The second-order valence-electron chi connectivity index (χ2n) is 9.56. The minimum absolute atomic E-state index is 0.109. The molecular weight excluding hydrogens is 404 g/mol. The van der Waals surface area contributed by atoms with E-state index in [1.165, 1.54) is 12.5 Å². The Kier molecular flexibility index (Phi) is 12.0. The van der Waals surface area contributed by atoms with Gasteiger partial charge in [0, 0.05) is 6.92 Å². The van der Waals surface area contributed by atoms with Crippen LogP contribution in [0.15, 0.2) is 54.6 Å². The Labute approximate surface area is 190 Å². The summed E-state index contributed by atoms with van der Waals surface area (Å²) in [5.41, 5.74) is 1.19. The smallest absolute Gasteiger partial charge is 0.303 e. The van der Waals surface area contributed by atoms with Crippen LogP contribution in [0.1, 0.15) is 59.4 Å². The van der Waals surface area contributed by atoms with Crippen LogP contribution in [-0.2, 0) is 25.3 Å². The maximum Gasteiger partial charge on any atom is 0.303 e. The van der Waals surface area contributed by atoms with E-state index in [9.17, 15) is 4.79 Å². The van der Waals surface area contributed by atoms with E-state index >= 15 is 0 Å². The highest BCUT2D eigenvalue weighted by Crippen LogP contribution is 2.37. The first kappa shape index (κ1) is 27.3. The lowest BCUT2D eigenvalue weighted by molar-refractivity contribution is -0.143. The Morgan fingerprint density at radius 3 is 2.42 bits per heavy atom. The van der Waals surface area contributed by atoms with Crippen molar-refractivity contribution in [2.45, 2.75) is 90.8 Å². The molecule has 31 heavy (non-hydrogen) atoms. The Bertz CT molecular complexity index is 689. The Hall–Kier alpha value is -1.69. The predicted molar refractivity (Wildman–Crippen MR) is 132 cm³/mol. The van der Waals surface area contributed by atoms with E-state index in [0.717, 1.165) is 19.3 Å². The van der Waals surface area contributed by atoms with E-state index < -0.39 is 8.32 Å². The molecule has 0 unspecified atom stereocenters. The summed E-state index contributed by atoms with van der Waals surface area (Å²) >= 11 is 0. The Morgan fingerprint density at radius 2 is 1.81 bits per heavy atom. The fourth-order valence-corrected chi connectivity index (χ4v) is 4.18. The summed E-state index contributed by atoms with van der Waals surface area (Å²) in [7, 11) is -1.86. The molecule has 0 saturated carbocycles. The van der Waals surface area contributed by atoms with Crippen LogP contribution >= 0.6 is 0 Å². The SMILES string of the molecule is CC(=O)O[C@H](C)/C=C/C=C/CCC[C@@H](COCc1ccccc1)O[Si](C)(C)C(C)(C)C. The van der Waals surface area contributed by atoms with Gasteiger partial charge in [0.05, 0.1) is 19.3 Å². The van der Waals surface area contributed by atoms with E-state index in [2.05, 4.69) is 52.1 Å². The number of rotatable bonds is 13. The topological polar surface area (TPSA) is 44.8 Å². The first-order valence-electron chi connectivity index (χ1n) is 11.3. The summed E-state index contributed by atoms with van der Waals surface area (Å²) in [4.78, 5) is 10.9. The highest BCUT2D eigenvalue weighted by atomic mass is 28.4. The molecule has 5 heteroatoms. The molecule has 0 spiro atoms. The highest BCUT2D eigenvalue weighted by molar-refractivity contribution is 6.74. The first-order chi connectivity index (χ1) is 14.5. The molecule has 0 aliphatic carbocycles. The normalized spacial score (nSPS) is 14.8. The summed E-state index contributed by atoms with van der Waals surface area (Å²) in [6.45, 7) is 15.9. The third kappa shape index (κ3) is 12.1. The van der Waals surface area contributed by atoms with Crippen molar-refractivity contribution in [1.29, 1.82) is 0 Å². The maximum absolute atomic E-state index is 10.9. The monoisotopic (exact) mass is 446 g/mol. The van der Waals surface area contributed by atoms with Gasteiger partial charge in [-0.05, 0) is 56.0 Å². The zero-order valence-electron chi connectivity index (χ0n) is 20.5. The first-order valence-corrected chi connectivity index (χ1v) is 14.2. The number of carbonyl (C=O) groups excluding carboxylic acids is 1. The lowest BCUT2D eigenvalue weighted by Gasteiger charge is -2.39. The molecule has 0 aliphatic heterocycles. The summed E-state index contributed by atoms with van der Waals surface area (Å²) in [5, 5.41) is 0.175. The molecule has 0 bridgehead atoms. The van der Waals surface area contributed by atoms with Gasteiger partial charge in [-0.15, -0.1) is 0 Å². The Morgan fingerprint density at radius 1 is 1.13 bits per heavy atom. The summed E-state index contributed by atoms with van der Waals surface area (Å²) in [6, 6.07) is 10.3. The van der Waals surface area contributed by atoms with Gasteiger partial charge >= 0.3 is 5.97 Å². The average Bonchev–Trinajstić information content (AvgIpc) is 2.66. The molecule has 1 rings (SSSR count). The van der Waals surface area contributed by atoms with Gasteiger partial charge in [-0.1, -0.05) is 69.3 Å². The van der Waals surface area contributed by atoms with Crippen molar-refractivity contribution in [2.24, 2.45) is 0 Å². The van der Waals surface area contributed by atoms with Crippen LogP contribution < -0.4 is 0 Å². The number of hydrogen-bond donors (Lipinski definition) is 0. The van der Waals surface area contributed by atoms with E-state index in [1.807, 2.05) is 43.4 Å². The Balaban J connectivity index is 2.52. The molecule has 1 aromatic rings. The van der Waals surface area contributed by atoms with E-state index in [-0.39, 0.29) is 23.2 Å². The van der Waals surface area contributed by atoms with Crippen molar-refractivity contribution in [2.75, 3.05) is 6.61 Å². The molecule has 0 amide bonds. The van der Waals surface area contributed by atoms with E-state index in [4.69, 9.17) is 13.9 Å². The van der Waals surface area contributed by atoms with Crippen LogP contribution in [0.25, 0.3) is 0 Å². The molecule has 174 valence electrons. The number of allylic oxidation sites excluding steroid dienone is 3. The third-order valence-corrected chi connectivity index (χ3v) is 10.1. The minimum Gasteiger partial charge on any atom is -0.459 e. The number of ether oxygens (including phenoxy) is 2. The van der Waals surface area contributed by atoms with Crippen molar-refractivity contribution >= 4 is 14.3 Å². The molecule has 0 saturated heterocycles. The van der Waals surface area contributed by atoms with Gasteiger partial charge in [0.1, 0.15) is 6.10 Å². The fraction of sp³-hybridized carbons (Fsp3) is 0.577. The van der Waals surface area contributed by atoms with E-state index in [0.29, 0.717) is 13.2 Å². The van der Waals surface area contributed by atoms with Gasteiger partial charge in [-0.25, -0.2) is 0 Å². The molecule has 0 radical (unpaired) electrons. The number of benzene rings is 1. The zero-order chi connectivity index (χ0) is 23.3. The highest BCUT2D eigenvalue weighted by Gasteiger charge is 2.39. The van der Waals surface area contributed by atoms with Crippen LogP contribution in [0.2, 0.25) is 18.1 Å². The van der Waals surface area contributed by atoms with Crippen LogP contribution in [0, 0.1) is 0 Å². The lowest BCUT2D eigenvalue weighted by atomic mass is 10.1. The molecule has 0 N–H and O–H groups in total. The fourth-order valence-electron chi connectivity index (χ4n) is 2.81. The van der Waals surface area contributed by atoms with Gasteiger partial charge in [-0.2, -0.15) is 0 Å². The molecule has 0 aliphatic rings. The summed E-state index contributed by atoms with van der Waals surface area (Å²) < 4.78 is 17.8. The zero-order valence-corrected chi connectivity index (χ0v) is 21.5. The second-order valence-corrected chi connectivity index (χ2v) is 14.3. The van der Waals surface area contributed by atoms with Crippen molar-refractivity contribution < 1.29 is 18.7 Å². The second kappa shape index (κ2) is 13.7. The predicted octanol–water partition coefficient (Wildman–Crippen LogP) is 6.83. The summed E-state index contributed by atoms with van der Waals surface area (Å²) in [6.07, 6.45) is 10.8. The van der Waals surface area contributed by atoms with Gasteiger partial charge in [0.2, 0.25) is 0 Å². The molecule has 0 fully saturated rings. The molecule has 2 atom stereocenters. The lowest BCUT2D eigenvalue weighted by Crippen LogP contribution is -2.45. The maximum atomic E-state index is 10.9.